The SMILES string of the molecule is CCOC(=O)c1c(NC(=O)CN2c3ccc(F)cc3CCC2C)sc2c1CCC2. The summed E-state index contributed by atoms with van der Waals surface area (Å²) >= 11 is 1.48. The lowest BCUT2D eigenvalue weighted by Gasteiger charge is -2.36. The molecular weight excluding hydrogens is 391 g/mol. The number of rotatable bonds is 5. The third kappa shape index (κ3) is 3.88. The van der Waals surface area contributed by atoms with Crippen LogP contribution in [-0.4, -0.2) is 31.1 Å². The number of anilines is 2. The summed E-state index contributed by atoms with van der Waals surface area (Å²) in [6.45, 7) is 4.31. The van der Waals surface area contributed by atoms with Crippen molar-refractivity contribution in [2.75, 3.05) is 23.4 Å². The van der Waals surface area contributed by atoms with E-state index >= 15 is 0 Å². The summed E-state index contributed by atoms with van der Waals surface area (Å²) in [6, 6.07) is 4.91. The highest BCUT2D eigenvalue weighted by Crippen LogP contribution is 2.39. The van der Waals surface area contributed by atoms with Crippen molar-refractivity contribution in [1.82, 2.24) is 0 Å². The van der Waals surface area contributed by atoms with Gasteiger partial charge in [0.1, 0.15) is 10.8 Å². The van der Waals surface area contributed by atoms with Gasteiger partial charge in [-0.05, 0) is 75.3 Å². The third-order valence-corrected chi connectivity index (χ3v) is 6.89. The Kier molecular flexibility index (Phi) is 5.58. The van der Waals surface area contributed by atoms with Gasteiger partial charge < -0.3 is 15.0 Å². The highest BCUT2D eigenvalue weighted by molar-refractivity contribution is 7.17. The standard InChI is InChI=1S/C22H25FN2O3S/c1-3-28-22(27)20-16-5-4-6-18(16)29-21(20)24-19(26)12-25-13(2)7-8-14-11-15(23)9-10-17(14)25/h9-11,13H,3-8,12H2,1-2H3,(H,24,26). The second-order valence-electron chi connectivity index (χ2n) is 7.62. The van der Waals surface area contributed by atoms with Crippen molar-refractivity contribution in [3.63, 3.8) is 0 Å². The predicted molar refractivity (Wildman–Crippen MR) is 112 cm³/mol. The number of halogens is 1. The van der Waals surface area contributed by atoms with Gasteiger partial charge in [0.25, 0.3) is 0 Å². The number of nitrogens with zero attached hydrogens (tertiary/aromatic N) is 1. The number of thiophene rings is 1. The molecule has 2 aromatic rings. The van der Waals surface area contributed by atoms with Gasteiger partial charge in [0, 0.05) is 16.6 Å². The molecule has 1 aromatic heterocycles. The van der Waals surface area contributed by atoms with Crippen LogP contribution >= 0.6 is 11.3 Å². The van der Waals surface area contributed by atoms with Gasteiger partial charge in [-0.25, -0.2) is 9.18 Å². The van der Waals surface area contributed by atoms with E-state index < -0.39 is 0 Å². The van der Waals surface area contributed by atoms with Crippen molar-refractivity contribution < 1.29 is 18.7 Å². The first-order chi connectivity index (χ1) is 14.0. The highest BCUT2D eigenvalue weighted by Gasteiger charge is 2.30. The molecule has 4 rings (SSSR count). The predicted octanol–water partition coefficient (Wildman–Crippen LogP) is 4.33. The minimum absolute atomic E-state index is 0.157. The quantitative estimate of drug-likeness (QED) is 0.737. The monoisotopic (exact) mass is 416 g/mol. The Morgan fingerprint density at radius 3 is 2.93 bits per heavy atom. The summed E-state index contributed by atoms with van der Waals surface area (Å²) < 4.78 is 18.8. The topological polar surface area (TPSA) is 58.6 Å². The van der Waals surface area contributed by atoms with Crippen LogP contribution in [0.5, 0.6) is 0 Å². The number of carbonyl (C=O) groups is 2. The van der Waals surface area contributed by atoms with E-state index in [4.69, 9.17) is 4.74 Å². The molecule has 1 aliphatic heterocycles. The summed E-state index contributed by atoms with van der Waals surface area (Å²) in [7, 11) is 0. The Labute approximate surface area is 173 Å². The molecule has 0 bridgehead atoms. The first kappa shape index (κ1) is 19.9. The first-order valence-electron chi connectivity index (χ1n) is 10.1. The highest BCUT2D eigenvalue weighted by atomic mass is 32.1. The van der Waals surface area contributed by atoms with Gasteiger partial charge in [0.15, 0.2) is 0 Å². The van der Waals surface area contributed by atoms with Gasteiger partial charge in [-0.3, -0.25) is 4.79 Å². The lowest BCUT2D eigenvalue weighted by atomic mass is 9.96. The number of fused-ring (bicyclic) bond motifs is 2. The molecule has 2 aliphatic rings. The summed E-state index contributed by atoms with van der Waals surface area (Å²) in [4.78, 5) is 28.6. The molecule has 5 nitrogen and oxygen atoms in total. The number of hydrogen-bond acceptors (Lipinski definition) is 5. The van der Waals surface area contributed by atoms with E-state index in [0.717, 1.165) is 53.8 Å². The Balaban J connectivity index is 1.55. The maximum atomic E-state index is 13.6. The minimum atomic E-state index is -0.366. The summed E-state index contributed by atoms with van der Waals surface area (Å²) in [5.74, 6) is -0.802. The number of nitrogens with one attached hydrogen (secondary N) is 1. The molecule has 0 spiro atoms. The molecular formula is C22H25FN2O3S. The molecule has 1 amide bonds. The minimum Gasteiger partial charge on any atom is -0.462 e. The number of benzene rings is 1. The van der Waals surface area contributed by atoms with Gasteiger partial charge in [-0.15, -0.1) is 11.3 Å². The molecule has 1 aliphatic carbocycles. The van der Waals surface area contributed by atoms with Crippen molar-refractivity contribution in [3.8, 4) is 0 Å². The number of carbonyl (C=O) groups excluding carboxylic acids is 2. The summed E-state index contributed by atoms with van der Waals surface area (Å²) in [5, 5.41) is 3.54. The van der Waals surface area contributed by atoms with E-state index in [9.17, 15) is 14.0 Å². The fourth-order valence-corrected chi connectivity index (χ4v) is 5.56. The lowest BCUT2D eigenvalue weighted by molar-refractivity contribution is -0.115. The van der Waals surface area contributed by atoms with Crippen LogP contribution in [0.2, 0.25) is 0 Å². The average Bonchev–Trinajstić information content (AvgIpc) is 3.24. The van der Waals surface area contributed by atoms with Crippen LogP contribution in [-0.2, 0) is 28.8 Å². The van der Waals surface area contributed by atoms with Gasteiger partial charge in [-0.2, -0.15) is 0 Å². The number of ether oxygens (including phenoxy) is 1. The molecule has 0 radical (unpaired) electrons. The van der Waals surface area contributed by atoms with Gasteiger partial charge in [0.05, 0.1) is 18.7 Å². The molecule has 1 aromatic carbocycles. The molecule has 1 unspecified atom stereocenters. The molecule has 29 heavy (non-hydrogen) atoms. The normalized spacial score (nSPS) is 17.6. The molecule has 1 atom stereocenters. The van der Waals surface area contributed by atoms with E-state index in [2.05, 4.69) is 12.2 Å². The van der Waals surface area contributed by atoms with E-state index in [1.165, 1.54) is 17.4 Å². The van der Waals surface area contributed by atoms with Crippen molar-refractivity contribution in [3.05, 3.63) is 45.6 Å². The van der Waals surface area contributed by atoms with Crippen molar-refractivity contribution in [2.45, 2.75) is 52.0 Å². The van der Waals surface area contributed by atoms with Crippen LogP contribution in [0.3, 0.4) is 0 Å². The maximum Gasteiger partial charge on any atom is 0.341 e. The molecule has 2 heterocycles. The molecule has 0 saturated carbocycles. The Hall–Kier alpha value is -2.41. The van der Waals surface area contributed by atoms with Crippen LogP contribution in [0.1, 0.15) is 53.1 Å². The van der Waals surface area contributed by atoms with Gasteiger partial charge in [-0.1, -0.05) is 0 Å². The zero-order chi connectivity index (χ0) is 20.5. The molecule has 0 fully saturated rings. The van der Waals surface area contributed by atoms with E-state index in [1.807, 2.05) is 4.90 Å². The van der Waals surface area contributed by atoms with Crippen LogP contribution < -0.4 is 10.2 Å². The Morgan fingerprint density at radius 1 is 1.31 bits per heavy atom. The zero-order valence-electron chi connectivity index (χ0n) is 16.7. The number of amides is 1. The van der Waals surface area contributed by atoms with Gasteiger partial charge in [0.2, 0.25) is 5.91 Å². The molecule has 1 N–H and O–H groups in total. The third-order valence-electron chi connectivity index (χ3n) is 5.68. The second-order valence-corrected chi connectivity index (χ2v) is 8.72. The Bertz CT molecular complexity index is 956. The number of aryl methyl sites for hydroxylation is 2. The smallest absolute Gasteiger partial charge is 0.341 e. The first-order valence-corrected chi connectivity index (χ1v) is 11.0. The van der Waals surface area contributed by atoms with Crippen molar-refractivity contribution in [1.29, 1.82) is 0 Å². The number of esters is 1. The molecule has 154 valence electrons. The average molecular weight is 417 g/mol. The van der Waals surface area contributed by atoms with Gasteiger partial charge >= 0.3 is 5.97 Å². The van der Waals surface area contributed by atoms with Crippen LogP contribution in [0, 0.1) is 5.82 Å². The molecule has 7 heteroatoms. The zero-order valence-corrected chi connectivity index (χ0v) is 17.5. The lowest BCUT2D eigenvalue weighted by Crippen LogP contribution is -2.42. The molecule has 0 saturated heterocycles. The fourth-order valence-electron chi connectivity index (χ4n) is 4.27. The summed E-state index contributed by atoms with van der Waals surface area (Å²) in [6.07, 6.45) is 4.48. The van der Waals surface area contributed by atoms with E-state index in [0.29, 0.717) is 17.2 Å². The van der Waals surface area contributed by atoms with E-state index in [-0.39, 0.29) is 30.3 Å². The van der Waals surface area contributed by atoms with E-state index in [1.54, 1.807) is 19.1 Å². The summed E-state index contributed by atoms with van der Waals surface area (Å²) in [5.41, 5.74) is 3.38. The number of hydrogen-bond donors (Lipinski definition) is 1. The fraction of sp³-hybridized carbons (Fsp3) is 0.455. The van der Waals surface area contributed by atoms with Crippen molar-refractivity contribution in [2.24, 2.45) is 0 Å². The van der Waals surface area contributed by atoms with Crippen LogP contribution in [0.25, 0.3) is 0 Å². The van der Waals surface area contributed by atoms with Crippen molar-refractivity contribution >= 4 is 33.9 Å². The Morgan fingerprint density at radius 2 is 2.14 bits per heavy atom. The van der Waals surface area contributed by atoms with Crippen LogP contribution in [0.15, 0.2) is 18.2 Å². The van der Waals surface area contributed by atoms with Crippen LogP contribution in [0.4, 0.5) is 15.1 Å². The second kappa shape index (κ2) is 8.14. The maximum absolute atomic E-state index is 13.6. The largest absolute Gasteiger partial charge is 0.462 e.